The molecule has 24 heavy (non-hydrogen) atoms. The second kappa shape index (κ2) is 6.70. The summed E-state index contributed by atoms with van der Waals surface area (Å²) >= 11 is 0. The fourth-order valence-corrected chi connectivity index (χ4v) is 2.73. The monoisotopic (exact) mass is 324 g/mol. The molecule has 1 atom stereocenters. The first-order valence-corrected chi connectivity index (χ1v) is 7.80. The first-order valence-electron chi connectivity index (χ1n) is 7.80. The van der Waals surface area contributed by atoms with Crippen molar-refractivity contribution in [3.63, 3.8) is 0 Å². The molecular weight excluding hydrogens is 304 g/mol. The Morgan fingerprint density at radius 2 is 2.08 bits per heavy atom. The predicted octanol–water partition coefficient (Wildman–Crippen LogP) is 2.63. The number of rotatable bonds is 5. The number of aryl methyl sites for hydroxylation is 1. The highest BCUT2D eigenvalue weighted by atomic mass is 16.5. The molecule has 1 aromatic heterocycles. The highest BCUT2D eigenvalue weighted by molar-refractivity contribution is 5.80. The minimum Gasteiger partial charge on any atom is -0.496 e. The van der Waals surface area contributed by atoms with Crippen LogP contribution in [-0.4, -0.2) is 28.0 Å². The minimum absolute atomic E-state index is 0.123. The number of amides is 1. The number of nitrogens with zero attached hydrogens (tertiary/aromatic N) is 3. The van der Waals surface area contributed by atoms with E-state index in [0.29, 0.717) is 0 Å². The van der Waals surface area contributed by atoms with Crippen LogP contribution in [0.5, 0.6) is 5.75 Å². The van der Waals surface area contributed by atoms with Crippen molar-refractivity contribution in [3.05, 3.63) is 53.6 Å². The molecule has 6 nitrogen and oxygen atoms in total. The molecule has 1 heterocycles. The fourth-order valence-electron chi connectivity index (χ4n) is 2.73. The smallest absolute Gasteiger partial charge is 0.242 e. The number of benzene rings is 2. The lowest BCUT2D eigenvalue weighted by Gasteiger charge is -2.18. The van der Waals surface area contributed by atoms with E-state index >= 15 is 0 Å². The van der Waals surface area contributed by atoms with E-state index in [1.165, 1.54) is 0 Å². The Kier molecular flexibility index (Phi) is 4.46. The molecule has 0 spiro atoms. The van der Waals surface area contributed by atoms with Crippen molar-refractivity contribution >= 4 is 16.9 Å². The molecule has 1 N–H and O–H groups in total. The van der Waals surface area contributed by atoms with E-state index in [2.05, 4.69) is 15.6 Å². The highest BCUT2D eigenvalue weighted by Gasteiger charge is 2.15. The van der Waals surface area contributed by atoms with Crippen molar-refractivity contribution in [3.8, 4) is 5.75 Å². The summed E-state index contributed by atoms with van der Waals surface area (Å²) in [6, 6.07) is 13.3. The molecule has 3 rings (SSSR count). The van der Waals surface area contributed by atoms with Crippen molar-refractivity contribution in [1.29, 1.82) is 0 Å². The molecule has 1 amide bonds. The van der Waals surface area contributed by atoms with E-state index in [1.807, 2.05) is 56.3 Å². The summed E-state index contributed by atoms with van der Waals surface area (Å²) < 4.78 is 6.99. The van der Waals surface area contributed by atoms with E-state index in [4.69, 9.17) is 4.74 Å². The quantitative estimate of drug-likeness (QED) is 0.783. The Morgan fingerprint density at radius 1 is 1.29 bits per heavy atom. The van der Waals surface area contributed by atoms with Gasteiger partial charge in [-0.15, -0.1) is 5.10 Å². The fraction of sp³-hybridized carbons (Fsp3) is 0.278. The Bertz CT molecular complexity index is 872. The molecule has 2 aromatic carbocycles. The Hall–Kier alpha value is -2.89. The lowest BCUT2D eigenvalue weighted by molar-refractivity contribution is -0.122. The van der Waals surface area contributed by atoms with Crippen LogP contribution in [0.15, 0.2) is 42.5 Å². The third-order valence-corrected chi connectivity index (χ3v) is 3.94. The lowest BCUT2D eigenvalue weighted by Crippen LogP contribution is -2.30. The van der Waals surface area contributed by atoms with Crippen LogP contribution in [0.4, 0.5) is 0 Å². The maximum atomic E-state index is 12.4. The first-order chi connectivity index (χ1) is 11.6. The maximum absolute atomic E-state index is 12.4. The molecule has 0 aliphatic carbocycles. The highest BCUT2D eigenvalue weighted by Crippen LogP contribution is 2.26. The van der Waals surface area contributed by atoms with Gasteiger partial charge in [-0.2, -0.15) is 0 Å². The van der Waals surface area contributed by atoms with E-state index in [9.17, 15) is 4.79 Å². The van der Waals surface area contributed by atoms with Gasteiger partial charge in [0, 0.05) is 5.56 Å². The van der Waals surface area contributed by atoms with Gasteiger partial charge in [-0.1, -0.05) is 35.0 Å². The number of hydrogen-bond donors (Lipinski definition) is 1. The Morgan fingerprint density at radius 3 is 2.88 bits per heavy atom. The van der Waals surface area contributed by atoms with Crippen LogP contribution in [0.1, 0.15) is 24.1 Å². The molecule has 0 aliphatic heterocycles. The standard InChI is InChI=1S/C18H20N4O2/c1-12-8-9-17(24-3)14(10-12)13(2)19-18(23)11-22-16-7-5-4-6-15(16)20-21-22/h4-10,13H,11H2,1-3H3,(H,19,23). The number of fused-ring (bicyclic) bond motifs is 1. The molecule has 0 fully saturated rings. The van der Waals surface area contributed by atoms with Crippen molar-refractivity contribution < 1.29 is 9.53 Å². The van der Waals surface area contributed by atoms with Gasteiger partial charge in [-0.25, -0.2) is 4.68 Å². The summed E-state index contributed by atoms with van der Waals surface area (Å²) in [5.74, 6) is 0.640. The number of aromatic nitrogens is 3. The number of para-hydroxylation sites is 1. The summed E-state index contributed by atoms with van der Waals surface area (Å²) in [5, 5.41) is 11.1. The zero-order valence-corrected chi connectivity index (χ0v) is 14.0. The van der Waals surface area contributed by atoms with Crippen LogP contribution in [-0.2, 0) is 11.3 Å². The summed E-state index contributed by atoms with van der Waals surface area (Å²) in [4.78, 5) is 12.4. The normalized spacial score (nSPS) is 12.1. The average molecular weight is 324 g/mol. The van der Waals surface area contributed by atoms with Crippen LogP contribution >= 0.6 is 0 Å². The van der Waals surface area contributed by atoms with Gasteiger partial charge in [0.05, 0.1) is 18.7 Å². The third kappa shape index (κ3) is 3.22. The van der Waals surface area contributed by atoms with Gasteiger partial charge in [0.1, 0.15) is 17.8 Å². The number of ether oxygens (including phenoxy) is 1. The number of nitrogens with one attached hydrogen (secondary N) is 1. The molecule has 6 heteroatoms. The zero-order chi connectivity index (χ0) is 17.1. The minimum atomic E-state index is -0.165. The zero-order valence-electron chi connectivity index (χ0n) is 14.0. The molecule has 0 radical (unpaired) electrons. The molecule has 0 saturated carbocycles. The van der Waals surface area contributed by atoms with Gasteiger partial charge < -0.3 is 10.1 Å². The largest absolute Gasteiger partial charge is 0.496 e. The van der Waals surface area contributed by atoms with E-state index in [-0.39, 0.29) is 18.5 Å². The molecule has 0 aliphatic rings. The second-order valence-electron chi connectivity index (χ2n) is 5.77. The van der Waals surface area contributed by atoms with Crippen LogP contribution < -0.4 is 10.1 Å². The maximum Gasteiger partial charge on any atom is 0.242 e. The van der Waals surface area contributed by atoms with Gasteiger partial charge in [0.2, 0.25) is 5.91 Å². The van der Waals surface area contributed by atoms with Crippen molar-refractivity contribution in [2.24, 2.45) is 0 Å². The van der Waals surface area contributed by atoms with Crippen molar-refractivity contribution in [2.75, 3.05) is 7.11 Å². The summed E-state index contributed by atoms with van der Waals surface area (Å²) in [7, 11) is 1.63. The van der Waals surface area contributed by atoms with Crippen LogP contribution in [0.3, 0.4) is 0 Å². The predicted molar refractivity (Wildman–Crippen MR) is 91.8 cm³/mol. The van der Waals surface area contributed by atoms with Crippen LogP contribution in [0.2, 0.25) is 0 Å². The number of carbonyl (C=O) groups is 1. The van der Waals surface area contributed by atoms with Crippen LogP contribution in [0.25, 0.3) is 11.0 Å². The van der Waals surface area contributed by atoms with Crippen LogP contribution in [0, 0.1) is 6.92 Å². The first kappa shape index (κ1) is 16.0. The van der Waals surface area contributed by atoms with Crippen molar-refractivity contribution in [2.45, 2.75) is 26.4 Å². The topological polar surface area (TPSA) is 69.0 Å². The van der Waals surface area contributed by atoms with Gasteiger partial charge in [-0.05, 0) is 32.0 Å². The summed E-state index contributed by atoms with van der Waals surface area (Å²) in [6.07, 6.45) is 0. The molecule has 0 bridgehead atoms. The molecule has 1 unspecified atom stereocenters. The van der Waals surface area contributed by atoms with E-state index < -0.39 is 0 Å². The van der Waals surface area contributed by atoms with E-state index in [0.717, 1.165) is 27.9 Å². The van der Waals surface area contributed by atoms with Crippen molar-refractivity contribution in [1.82, 2.24) is 20.3 Å². The third-order valence-electron chi connectivity index (χ3n) is 3.94. The SMILES string of the molecule is COc1ccc(C)cc1C(C)NC(=O)Cn1nnc2ccccc21. The molecular formula is C18H20N4O2. The summed E-state index contributed by atoms with van der Waals surface area (Å²) in [6.45, 7) is 4.08. The van der Waals surface area contributed by atoms with Gasteiger partial charge in [0.15, 0.2) is 0 Å². The Labute approximate surface area is 140 Å². The van der Waals surface area contributed by atoms with Gasteiger partial charge >= 0.3 is 0 Å². The lowest BCUT2D eigenvalue weighted by atomic mass is 10.0. The Balaban J connectivity index is 1.74. The second-order valence-corrected chi connectivity index (χ2v) is 5.77. The number of methoxy groups -OCH3 is 1. The number of hydrogen-bond acceptors (Lipinski definition) is 4. The summed E-state index contributed by atoms with van der Waals surface area (Å²) in [5.41, 5.74) is 3.69. The number of carbonyl (C=O) groups excluding carboxylic acids is 1. The van der Waals surface area contributed by atoms with E-state index in [1.54, 1.807) is 11.8 Å². The van der Waals surface area contributed by atoms with Gasteiger partial charge in [0.25, 0.3) is 0 Å². The van der Waals surface area contributed by atoms with Gasteiger partial charge in [-0.3, -0.25) is 4.79 Å². The average Bonchev–Trinajstić information content (AvgIpc) is 2.98. The molecule has 0 saturated heterocycles. The molecule has 124 valence electrons. The molecule has 3 aromatic rings.